The molecule has 0 unspecified atom stereocenters. The molecule has 0 saturated carbocycles. The smallest absolute Gasteiger partial charge is 0.213 e. The number of nitrogens with one attached hydrogen (secondary N) is 2. The van der Waals surface area contributed by atoms with E-state index in [-0.39, 0.29) is 29.4 Å². The maximum absolute atomic E-state index is 5.81. The molecule has 0 radical (unpaired) electrons. The summed E-state index contributed by atoms with van der Waals surface area (Å²) in [7, 11) is 3.43. The first-order chi connectivity index (χ1) is 13.9. The summed E-state index contributed by atoms with van der Waals surface area (Å²) in [5.74, 6) is 3.10. The molecule has 0 saturated heterocycles. The Balaban J connectivity index is 0.00000320. The molecule has 0 aliphatic rings. The van der Waals surface area contributed by atoms with Crippen LogP contribution in [0.1, 0.15) is 37.3 Å². The van der Waals surface area contributed by atoms with Gasteiger partial charge in [0.1, 0.15) is 11.5 Å². The molecular formula is C22H29IN4O2S. The molecule has 0 fully saturated rings. The zero-order valence-electron chi connectivity index (χ0n) is 18.0. The monoisotopic (exact) mass is 540 g/mol. The standard InChI is InChI=1S/C22H28N4O2S.HI/c1-22(2,3)19-13-24-20(28-19)14-26-21(23-4)25-12-17-10-11-18(29-17)15-6-8-16(27-5)9-7-15;/h6-11,13H,12,14H2,1-5H3,(H2,23,25,26);1H. The van der Waals surface area contributed by atoms with E-state index in [1.54, 1.807) is 31.7 Å². The van der Waals surface area contributed by atoms with E-state index in [0.29, 0.717) is 24.9 Å². The van der Waals surface area contributed by atoms with Crippen molar-refractivity contribution in [1.29, 1.82) is 0 Å². The SMILES string of the molecule is CN=C(NCc1ncc(C(C)(C)C)o1)NCc1ccc(-c2ccc(OC)cc2)s1.I. The summed E-state index contributed by atoms with van der Waals surface area (Å²) < 4.78 is 11.0. The number of hydrogen-bond acceptors (Lipinski definition) is 5. The van der Waals surface area contributed by atoms with E-state index in [9.17, 15) is 0 Å². The zero-order valence-corrected chi connectivity index (χ0v) is 21.1. The predicted molar refractivity (Wildman–Crippen MR) is 134 cm³/mol. The Bertz CT molecular complexity index is 958. The van der Waals surface area contributed by atoms with Gasteiger partial charge >= 0.3 is 0 Å². The largest absolute Gasteiger partial charge is 0.497 e. The molecule has 0 amide bonds. The van der Waals surface area contributed by atoms with Crippen molar-refractivity contribution in [2.75, 3.05) is 14.2 Å². The van der Waals surface area contributed by atoms with Gasteiger partial charge in [0.2, 0.25) is 5.89 Å². The van der Waals surface area contributed by atoms with E-state index in [1.807, 2.05) is 12.1 Å². The number of methoxy groups -OCH3 is 1. The summed E-state index contributed by atoms with van der Waals surface area (Å²) in [4.78, 5) is 11.1. The molecule has 1 aromatic carbocycles. The molecule has 2 aromatic heterocycles. The van der Waals surface area contributed by atoms with Crippen molar-refractivity contribution in [3.8, 4) is 16.2 Å². The minimum atomic E-state index is -0.0497. The Morgan fingerprint density at radius 1 is 1.10 bits per heavy atom. The number of aliphatic imine (C=N–C) groups is 1. The van der Waals surface area contributed by atoms with Crippen LogP contribution in [0, 0.1) is 0 Å². The molecule has 3 aromatic rings. The number of nitrogens with zero attached hydrogens (tertiary/aromatic N) is 2. The van der Waals surface area contributed by atoms with Gasteiger partial charge in [0.05, 0.1) is 26.4 Å². The van der Waals surface area contributed by atoms with E-state index in [4.69, 9.17) is 9.15 Å². The Morgan fingerprint density at radius 3 is 2.40 bits per heavy atom. The summed E-state index contributed by atoms with van der Waals surface area (Å²) >= 11 is 1.76. The second-order valence-electron chi connectivity index (χ2n) is 7.64. The number of oxazole rings is 1. The number of thiophene rings is 1. The number of halogens is 1. The Kier molecular flexibility index (Phi) is 8.72. The van der Waals surface area contributed by atoms with Gasteiger partial charge in [-0.3, -0.25) is 4.99 Å². The van der Waals surface area contributed by atoms with Crippen LogP contribution in [-0.4, -0.2) is 25.1 Å². The van der Waals surface area contributed by atoms with E-state index in [2.05, 4.69) is 65.6 Å². The Morgan fingerprint density at radius 2 is 1.80 bits per heavy atom. The normalized spacial score (nSPS) is 11.7. The fraction of sp³-hybridized carbons (Fsp3) is 0.364. The summed E-state index contributed by atoms with van der Waals surface area (Å²) in [6.07, 6.45) is 1.79. The summed E-state index contributed by atoms with van der Waals surface area (Å²) in [6.45, 7) is 7.49. The van der Waals surface area contributed by atoms with Gasteiger partial charge < -0.3 is 19.8 Å². The third kappa shape index (κ3) is 6.46. The van der Waals surface area contributed by atoms with Gasteiger partial charge in [-0.25, -0.2) is 4.98 Å². The number of benzene rings is 1. The zero-order chi connectivity index (χ0) is 20.9. The lowest BCUT2D eigenvalue weighted by molar-refractivity contribution is 0.379. The Hall–Kier alpha value is -2.07. The molecule has 0 bridgehead atoms. The van der Waals surface area contributed by atoms with Crippen LogP contribution in [0.15, 0.2) is 52.0 Å². The maximum atomic E-state index is 5.81. The molecule has 6 nitrogen and oxygen atoms in total. The van der Waals surface area contributed by atoms with Gasteiger partial charge in [-0.05, 0) is 42.0 Å². The molecule has 0 aliphatic heterocycles. The molecule has 162 valence electrons. The van der Waals surface area contributed by atoms with Gasteiger partial charge in [-0.15, -0.1) is 35.3 Å². The van der Waals surface area contributed by atoms with E-state index in [1.165, 1.54) is 15.3 Å². The lowest BCUT2D eigenvalue weighted by Crippen LogP contribution is -2.36. The lowest BCUT2D eigenvalue weighted by Gasteiger charge is -2.13. The second kappa shape index (κ2) is 10.8. The third-order valence-electron chi connectivity index (χ3n) is 4.39. The highest BCUT2D eigenvalue weighted by atomic mass is 127. The topological polar surface area (TPSA) is 71.7 Å². The summed E-state index contributed by atoms with van der Waals surface area (Å²) in [6, 6.07) is 12.4. The van der Waals surface area contributed by atoms with Gasteiger partial charge in [0.25, 0.3) is 0 Å². The van der Waals surface area contributed by atoms with Gasteiger partial charge in [0.15, 0.2) is 5.96 Å². The minimum absolute atomic E-state index is 0. The molecule has 0 spiro atoms. The summed E-state index contributed by atoms with van der Waals surface area (Å²) in [5, 5.41) is 6.58. The fourth-order valence-corrected chi connectivity index (χ4v) is 3.63. The second-order valence-corrected chi connectivity index (χ2v) is 8.81. The van der Waals surface area contributed by atoms with Crippen molar-refractivity contribution in [3.63, 3.8) is 0 Å². The minimum Gasteiger partial charge on any atom is -0.497 e. The van der Waals surface area contributed by atoms with Gasteiger partial charge in [-0.2, -0.15) is 0 Å². The molecule has 0 atom stereocenters. The van der Waals surface area contributed by atoms with Crippen molar-refractivity contribution in [1.82, 2.24) is 15.6 Å². The van der Waals surface area contributed by atoms with Crippen molar-refractivity contribution in [3.05, 3.63) is 59.1 Å². The number of aromatic nitrogens is 1. The maximum Gasteiger partial charge on any atom is 0.213 e. The molecule has 3 rings (SSSR count). The lowest BCUT2D eigenvalue weighted by atomic mass is 9.94. The van der Waals surface area contributed by atoms with Crippen molar-refractivity contribution < 1.29 is 9.15 Å². The quantitative estimate of drug-likeness (QED) is 0.256. The first-order valence-electron chi connectivity index (χ1n) is 9.52. The molecule has 2 heterocycles. The average molecular weight is 540 g/mol. The van der Waals surface area contributed by atoms with Crippen LogP contribution < -0.4 is 15.4 Å². The van der Waals surface area contributed by atoms with Crippen LogP contribution in [-0.2, 0) is 18.5 Å². The van der Waals surface area contributed by atoms with Crippen molar-refractivity contribution in [2.24, 2.45) is 4.99 Å². The highest BCUT2D eigenvalue weighted by molar-refractivity contribution is 14.0. The molecule has 8 heteroatoms. The molecule has 30 heavy (non-hydrogen) atoms. The van der Waals surface area contributed by atoms with Crippen molar-refractivity contribution >= 4 is 41.3 Å². The fourth-order valence-electron chi connectivity index (χ4n) is 2.67. The summed E-state index contributed by atoms with van der Waals surface area (Å²) in [5.41, 5.74) is 1.13. The number of hydrogen-bond donors (Lipinski definition) is 2. The highest BCUT2D eigenvalue weighted by Gasteiger charge is 2.19. The van der Waals surface area contributed by atoms with Crippen LogP contribution in [0.5, 0.6) is 5.75 Å². The van der Waals surface area contributed by atoms with E-state index < -0.39 is 0 Å². The number of guanidine groups is 1. The van der Waals surface area contributed by atoms with Gasteiger partial charge in [0, 0.05) is 22.2 Å². The molecule has 0 aliphatic carbocycles. The first-order valence-corrected chi connectivity index (χ1v) is 10.3. The highest BCUT2D eigenvalue weighted by Crippen LogP contribution is 2.29. The third-order valence-corrected chi connectivity index (χ3v) is 5.52. The van der Waals surface area contributed by atoms with Crippen LogP contribution >= 0.6 is 35.3 Å². The van der Waals surface area contributed by atoms with Crippen LogP contribution in [0.2, 0.25) is 0 Å². The molecular weight excluding hydrogens is 511 g/mol. The molecule has 2 N–H and O–H groups in total. The predicted octanol–water partition coefficient (Wildman–Crippen LogP) is 5.19. The van der Waals surface area contributed by atoms with Crippen LogP contribution in [0.25, 0.3) is 10.4 Å². The van der Waals surface area contributed by atoms with Gasteiger partial charge in [-0.1, -0.05) is 20.8 Å². The number of ether oxygens (including phenoxy) is 1. The van der Waals surface area contributed by atoms with Crippen LogP contribution in [0.3, 0.4) is 0 Å². The van der Waals surface area contributed by atoms with E-state index in [0.717, 1.165) is 11.5 Å². The van der Waals surface area contributed by atoms with Crippen molar-refractivity contribution in [2.45, 2.75) is 39.3 Å². The average Bonchev–Trinajstić information content (AvgIpc) is 3.38. The Labute approximate surface area is 199 Å². The van der Waals surface area contributed by atoms with Crippen LogP contribution in [0.4, 0.5) is 0 Å². The number of rotatable bonds is 6. The van der Waals surface area contributed by atoms with E-state index >= 15 is 0 Å². The first kappa shape index (κ1) is 24.2.